The highest BCUT2D eigenvalue weighted by Gasteiger charge is 2.18. The SMILES string of the molecule is CCCc1nc(C(=O)Nc2sc(C)c(C)c2C#N)n[nH]1. The van der Waals surface area contributed by atoms with Crippen LogP contribution in [-0.4, -0.2) is 21.1 Å². The van der Waals surface area contributed by atoms with Crippen LogP contribution in [0.2, 0.25) is 0 Å². The van der Waals surface area contributed by atoms with Crippen molar-refractivity contribution in [1.29, 1.82) is 5.26 Å². The molecule has 0 aliphatic heterocycles. The fourth-order valence-electron chi connectivity index (χ4n) is 1.75. The Morgan fingerprint density at radius 1 is 1.50 bits per heavy atom. The Kier molecular flexibility index (Phi) is 4.15. The normalized spacial score (nSPS) is 10.3. The van der Waals surface area contributed by atoms with E-state index in [-0.39, 0.29) is 5.82 Å². The minimum Gasteiger partial charge on any atom is -0.310 e. The molecule has 0 aromatic carbocycles. The minimum absolute atomic E-state index is 0.0982. The molecule has 2 heterocycles. The molecule has 2 rings (SSSR count). The predicted molar refractivity (Wildman–Crippen MR) is 76.8 cm³/mol. The average molecular weight is 289 g/mol. The van der Waals surface area contributed by atoms with E-state index < -0.39 is 5.91 Å². The average Bonchev–Trinajstić information content (AvgIpc) is 2.97. The van der Waals surface area contributed by atoms with Crippen LogP contribution < -0.4 is 5.32 Å². The molecular weight excluding hydrogens is 274 g/mol. The van der Waals surface area contributed by atoms with Crippen LogP contribution in [0.5, 0.6) is 0 Å². The van der Waals surface area contributed by atoms with Crippen molar-refractivity contribution in [3.8, 4) is 6.07 Å². The molecular formula is C13H15N5OS. The van der Waals surface area contributed by atoms with E-state index in [9.17, 15) is 4.79 Å². The van der Waals surface area contributed by atoms with Crippen molar-refractivity contribution in [2.24, 2.45) is 0 Å². The van der Waals surface area contributed by atoms with Crippen molar-refractivity contribution < 1.29 is 4.79 Å². The van der Waals surface area contributed by atoms with Gasteiger partial charge >= 0.3 is 0 Å². The number of H-pyrrole nitrogens is 1. The number of carbonyl (C=O) groups excluding carboxylic acids is 1. The third-order valence-corrected chi connectivity index (χ3v) is 4.07. The maximum Gasteiger partial charge on any atom is 0.295 e. The Labute approximate surface area is 120 Å². The number of nitrogens with zero attached hydrogens (tertiary/aromatic N) is 3. The zero-order valence-corrected chi connectivity index (χ0v) is 12.4. The molecule has 20 heavy (non-hydrogen) atoms. The fraction of sp³-hybridized carbons (Fsp3) is 0.385. The first kappa shape index (κ1) is 14.2. The van der Waals surface area contributed by atoms with E-state index in [4.69, 9.17) is 5.26 Å². The molecule has 0 saturated carbocycles. The Bertz CT molecular complexity index is 679. The summed E-state index contributed by atoms with van der Waals surface area (Å²) in [5.41, 5.74) is 1.40. The first-order valence-electron chi connectivity index (χ1n) is 6.29. The molecule has 2 N–H and O–H groups in total. The van der Waals surface area contributed by atoms with Gasteiger partial charge in [0.15, 0.2) is 0 Å². The zero-order chi connectivity index (χ0) is 14.7. The summed E-state index contributed by atoms with van der Waals surface area (Å²) >= 11 is 1.39. The van der Waals surface area contributed by atoms with Gasteiger partial charge in [-0.05, 0) is 25.8 Å². The second-order valence-electron chi connectivity index (χ2n) is 4.41. The van der Waals surface area contributed by atoms with Gasteiger partial charge < -0.3 is 5.32 Å². The van der Waals surface area contributed by atoms with Gasteiger partial charge in [-0.3, -0.25) is 9.89 Å². The highest BCUT2D eigenvalue weighted by atomic mass is 32.1. The van der Waals surface area contributed by atoms with Crippen LogP contribution in [0.15, 0.2) is 0 Å². The van der Waals surface area contributed by atoms with Crippen LogP contribution in [0.25, 0.3) is 0 Å². The molecule has 7 heteroatoms. The van der Waals surface area contributed by atoms with Crippen molar-refractivity contribution in [1.82, 2.24) is 15.2 Å². The quantitative estimate of drug-likeness (QED) is 0.904. The fourth-order valence-corrected chi connectivity index (χ4v) is 2.76. The highest BCUT2D eigenvalue weighted by molar-refractivity contribution is 7.16. The van der Waals surface area contributed by atoms with E-state index in [0.29, 0.717) is 16.4 Å². The van der Waals surface area contributed by atoms with Crippen molar-refractivity contribution in [2.75, 3.05) is 5.32 Å². The lowest BCUT2D eigenvalue weighted by molar-refractivity contribution is 0.101. The molecule has 0 aliphatic rings. The van der Waals surface area contributed by atoms with Crippen molar-refractivity contribution in [2.45, 2.75) is 33.6 Å². The van der Waals surface area contributed by atoms with Crippen LogP contribution in [0.4, 0.5) is 5.00 Å². The third kappa shape index (κ3) is 2.70. The second kappa shape index (κ2) is 5.84. The number of nitrogens with one attached hydrogen (secondary N) is 2. The van der Waals surface area contributed by atoms with Gasteiger partial charge in [0.25, 0.3) is 5.91 Å². The lowest BCUT2D eigenvalue weighted by Gasteiger charge is -1.99. The molecule has 0 radical (unpaired) electrons. The Balaban J connectivity index is 2.19. The lowest BCUT2D eigenvalue weighted by atomic mass is 10.2. The molecule has 104 valence electrons. The number of aromatic amines is 1. The van der Waals surface area contributed by atoms with Crippen LogP contribution in [0.3, 0.4) is 0 Å². The molecule has 1 amide bonds. The van der Waals surface area contributed by atoms with Crippen LogP contribution in [0.1, 0.15) is 45.8 Å². The molecule has 0 aliphatic carbocycles. The smallest absolute Gasteiger partial charge is 0.295 e. The van der Waals surface area contributed by atoms with Gasteiger partial charge in [-0.1, -0.05) is 6.92 Å². The number of nitriles is 1. The molecule has 0 spiro atoms. The molecule has 0 fully saturated rings. The molecule has 2 aromatic heterocycles. The van der Waals surface area contributed by atoms with Crippen molar-refractivity contribution in [3.63, 3.8) is 0 Å². The van der Waals surface area contributed by atoms with Crippen LogP contribution in [0, 0.1) is 25.2 Å². The van der Waals surface area contributed by atoms with Gasteiger partial charge in [0, 0.05) is 11.3 Å². The van der Waals surface area contributed by atoms with Gasteiger partial charge in [0.05, 0.1) is 5.56 Å². The standard InChI is InChI=1S/C13H15N5OS/c1-4-5-10-15-11(18-17-10)12(19)16-13-9(6-14)7(2)8(3)20-13/h4-5H2,1-3H3,(H,16,19)(H,15,17,18). The number of rotatable bonds is 4. The highest BCUT2D eigenvalue weighted by Crippen LogP contribution is 2.31. The summed E-state index contributed by atoms with van der Waals surface area (Å²) < 4.78 is 0. The number of aromatic nitrogens is 3. The number of carbonyl (C=O) groups is 1. The van der Waals surface area contributed by atoms with E-state index in [1.54, 1.807) is 0 Å². The Morgan fingerprint density at radius 3 is 2.90 bits per heavy atom. The number of anilines is 1. The molecule has 0 unspecified atom stereocenters. The summed E-state index contributed by atoms with van der Waals surface area (Å²) in [6.45, 7) is 5.81. The molecule has 0 saturated heterocycles. The summed E-state index contributed by atoms with van der Waals surface area (Å²) in [6.07, 6.45) is 1.68. The predicted octanol–water partition coefficient (Wildman–Crippen LogP) is 2.56. The Morgan fingerprint density at radius 2 is 2.25 bits per heavy atom. The summed E-state index contributed by atoms with van der Waals surface area (Å²) in [5.74, 6) is 0.388. The monoisotopic (exact) mass is 289 g/mol. The molecule has 2 aromatic rings. The maximum absolute atomic E-state index is 12.1. The van der Waals surface area contributed by atoms with Crippen LogP contribution in [-0.2, 0) is 6.42 Å². The van der Waals surface area contributed by atoms with Gasteiger partial charge in [0.2, 0.25) is 5.82 Å². The maximum atomic E-state index is 12.1. The van der Waals surface area contributed by atoms with Gasteiger partial charge in [-0.2, -0.15) is 5.26 Å². The minimum atomic E-state index is -0.402. The van der Waals surface area contributed by atoms with Gasteiger partial charge in [-0.25, -0.2) is 4.98 Å². The number of amides is 1. The third-order valence-electron chi connectivity index (χ3n) is 2.95. The second-order valence-corrected chi connectivity index (χ2v) is 5.63. The van der Waals surface area contributed by atoms with E-state index in [0.717, 1.165) is 23.3 Å². The first-order chi connectivity index (χ1) is 9.56. The summed E-state index contributed by atoms with van der Waals surface area (Å²) in [7, 11) is 0. The molecule has 0 bridgehead atoms. The number of hydrogen-bond acceptors (Lipinski definition) is 5. The van der Waals surface area contributed by atoms with Gasteiger partial charge in [0.1, 0.15) is 16.9 Å². The van der Waals surface area contributed by atoms with E-state index in [1.165, 1.54) is 11.3 Å². The van der Waals surface area contributed by atoms with E-state index in [2.05, 4.69) is 26.6 Å². The number of hydrogen-bond donors (Lipinski definition) is 2. The first-order valence-corrected chi connectivity index (χ1v) is 7.11. The zero-order valence-electron chi connectivity index (χ0n) is 11.6. The summed E-state index contributed by atoms with van der Waals surface area (Å²) in [4.78, 5) is 17.2. The van der Waals surface area contributed by atoms with Gasteiger partial charge in [-0.15, -0.1) is 16.4 Å². The number of aryl methyl sites for hydroxylation is 2. The van der Waals surface area contributed by atoms with Crippen molar-refractivity contribution in [3.05, 3.63) is 27.7 Å². The molecule has 6 nitrogen and oxygen atoms in total. The topological polar surface area (TPSA) is 94.5 Å². The van der Waals surface area contributed by atoms with E-state index in [1.807, 2.05) is 20.8 Å². The number of thiophene rings is 1. The van der Waals surface area contributed by atoms with Crippen molar-refractivity contribution >= 4 is 22.2 Å². The summed E-state index contributed by atoms with van der Waals surface area (Å²) in [5, 5.41) is 19.0. The summed E-state index contributed by atoms with van der Waals surface area (Å²) in [6, 6.07) is 2.11. The lowest BCUT2D eigenvalue weighted by Crippen LogP contribution is -2.13. The molecule has 0 atom stereocenters. The Hall–Kier alpha value is -2.20. The van der Waals surface area contributed by atoms with Crippen LogP contribution >= 0.6 is 11.3 Å². The van der Waals surface area contributed by atoms with E-state index >= 15 is 0 Å². The largest absolute Gasteiger partial charge is 0.310 e.